The fraction of sp³-hybridized carbons (Fsp3) is 0.194. The van der Waals surface area contributed by atoms with Crippen LogP contribution in [-0.2, 0) is 11.8 Å². The molecule has 0 radical (unpaired) electrons. The number of allylic oxidation sites excluding steroid dienone is 1. The number of anilines is 3. The zero-order valence-electron chi connectivity index (χ0n) is 23.1. The van der Waals surface area contributed by atoms with Gasteiger partial charge in [0.25, 0.3) is 0 Å². The highest BCUT2D eigenvalue weighted by Gasteiger charge is 2.40. The molecule has 0 saturated carbocycles. The largest absolute Gasteiger partial charge is 0.440 e. The van der Waals surface area contributed by atoms with Crippen molar-refractivity contribution >= 4 is 39.9 Å². The summed E-state index contributed by atoms with van der Waals surface area (Å²) in [6.07, 6.45) is 2.58. The quantitative estimate of drug-likeness (QED) is 0.222. The standard InChI is InChI=1S/C36H31NO2/c1-21-14-22(2)33(23(3)15-21)37-32-13-9-8-12-30(32)36(4,5)31-20-28(39-35(31)37)18-27-17-26-16-24-10-6-7-11-25(24)19-29(26)34(27)38/h6-16,18-20H,17H2,1-5H3/b27-18-. The highest BCUT2D eigenvalue weighted by molar-refractivity contribution is 6.17. The molecule has 0 saturated heterocycles. The number of carbonyl (C=O) groups is 1. The van der Waals surface area contributed by atoms with Gasteiger partial charge >= 0.3 is 0 Å². The van der Waals surface area contributed by atoms with E-state index in [2.05, 4.69) is 100 Å². The maximum atomic E-state index is 13.5. The predicted molar refractivity (Wildman–Crippen MR) is 160 cm³/mol. The highest BCUT2D eigenvalue weighted by Crippen LogP contribution is 2.54. The van der Waals surface area contributed by atoms with Crippen LogP contribution in [0.25, 0.3) is 16.8 Å². The summed E-state index contributed by atoms with van der Waals surface area (Å²) in [6, 6.07) is 27.6. The number of furan rings is 1. The molecule has 2 aliphatic rings. The van der Waals surface area contributed by atoms with Crippen molar-refractivity contribution in [3.8, 4) is 0 Å². The van der Waals surface area contributed by atoms with Gasteiger partial charge in [-0.3, -0.25) is 9.69 Å². The van der Waals surface area contributed by atoms with Gasteiger partial charge in [0.05, 0.1) is 11.4 Å². The number of hydrogen-bond acceptors (Lipinski definition) is 3. The van der Waals surface area contributed by atoms with E-state index in [0.29, 0.717) is 12.2 Å². The van der Waals surface area contributed by atoms with Gasteiger partial charge in [-0.25, -0.2) is 0 Å². The van der Waals surface area contributed by atoms with Gasteiger partial charge in [0.1, 0.15) is 5.76 Å². The third-order valence-corrected chi connectivity index (χ3v) is 8.49. The Morgan fingerprint density at radius 2 is 1.49 bits per heavy atom. The zero-order valence-corrected chi connectivity index (χ0v) is 23.1. The summed E-state index contributed by atoms with van der Waals surface area (Å²) in [5.74, 6) is 1.64. The first kappa shape index (κ1) is 23.7. The van der Waals surface area contributed by atoms with Crippen LogP contribution >= 0.6 is 0 Å². The second kappa shape index (κ2) is 8.31. The summed E-state index contributed by atoms with van der Waals surface area (Å²) in [5, 5.41) is 2.26. The molecule has 39 heavy (non-hydrogen) atoms. The van der Waals surface area contributed by atoms with Crippen molar-refractivity contribution in [1.82, 2.24) is 0 Å². The van der Waals surface area contributed by atoms with Crippen LogP contribution in [0.15, 0.2) is 88.9 Å². The minimum atomic E-state index is -0.254. The monoisotopic (exact) mass is 509 g/mol. The Kier molecular flexibility index (Phi) is 5.06. The summed E-state index contributed by atoms with van der Waals surface area (Å²) < 4.78 is 6.69. The molecule has 0 atom stereocenters. The van der Waals surface area contributed by atoms with Crippen molar-refractivity contribution in [2.45, 2.75) is 46.5 Å². The van der Waals surface area contributed by atoms with Crippen LogP contribution in [0.1, 0.15) is 63.3 Å². The average Bonchev–Trinajstić information content (AvgIpc) is 3.46. The third-order valence-electron chi connectivity index (χ3n) is 8.49. The first-order chi connectivity index (χ1) is 18.7. The Morgan fingerprint density at radius 1 is 0.821 bits per heavy atom. The van der Waals surface area contributed by atoms with Gasteiger partial charge in [-0.05, 0) is 78.1 Å². The van der Waals surface area contributed by atoms with E-state index in [1.807, 2.05) is 24.3 Å². The van der Waals surface area contributed by atoms with Crippen LogP contribution in [0.5, 0.6) is 0 Å². The molecule has 1 aliphatic carbocycles. The lowest BCUT2D eigenvalue weighted by molar-refractivity contribution is 0.104. The Bertz CT molecular complexity index is 1840. The molecule has 3 nitrogen and oxygen atoms in total. The third kappa shape index (κ3) is 3.53. The van der Waals surface area contributed by atoms with Crippen molar-refractivity contribution in [2.75, 3.05) is 4.90 Å². The number of Topliss-reactive ketones (excluding diaryl/α,β-unsaturated/α-hetero) is 1. The van der Waals surface area contributed by atoms with Crippen molar-refractivity contribution in [2.24, 2.45) is 0 Å². The fourth-order valence-electron chi connectivity index (χ4n) is 6.68. The van der Waals surface area contributed by atoms with Crippen LogP contribution in [0.4, 0.5) is 17.3 Å². The molecule has 0 bridgehead atoms. The lowest BCUT2D eigenvalue weighted by atomic mass is 9.75. The van der Waals surface area contributed by atoms with Crippen molar-refractivity contribution in [1.29, 1.82) is 0 Å². The minimum absolute atomic E-state index is 0.0924. The topological polar surface area (TPSA) is 33.5 Å². The normalized spacial score (nSPS) is 16.5. The van der Waals surface area contributed by atoms with E-state index in [0.717, 1.165) is 50.3 Å². The lowest BCUT2D eigenvalue weighted by Crippen LogP contribution is -2.30. The van der Waals surface area contributed by atoms with Gasteiger partial charge in [0.2, 0.25) is 5.88 Å². The van der Waals surface area contributed by atoms with Crippen LogP contribution in [0.2, 0.25) is 0 Å². The average molecular weight is 510 g/mol. The fourth-order valence-corrected chi connectivity index (χ4v) is 6.68. The molecule has 0 unspecified atom stereocenters. The Balaban J connectivity index is 1.38. The molecule has 0 amide bonds. The van der Waals surface area contributed by atoms with Gasteiger partial charge in [0.15, 0.2) is 5.78 Å². The van der Waals surface area contributed by atoms with Crippen LogP contribution in [-0.4, -0.2) is 5.78 Å². The molecule has 0 spiro atoms. The van der Waals surface area contributed by atoms with Gasteiger partial charge in [-0.1, -0.05) is 80.1 Å². The highest BCUT2D eigenvalue weighted by atomic mass is 16.4. The maximum absolute atomic E-state index is 13.5. The van der Waals surface area contributed by atoms with E-state index < -0.39 is 0 Å². The molecule has 0 fully saturated rings. The molecule has 0 N–H and O–H groups in total. The zero-order chi connectivity index (χ0) is 27.1. The molecular formula is C36H31NO2. The van der Waals surface area contributed by atoms with Crippen molar-refractivity contribution < 1.29 is 9.21 Å². The lowest BCUT2D eigenvalue weighted by Gasteiger charge is -2.39. The van der Waals surface area contributed by atoms with Gasteiger partial charge in [-0.15, -0.1) is 0 Å². The van der Waals surface area contributed by atoms with Crippen LogP contribution in [0.3, 0.4) is 0 Å². The number of carbonyl (C=O) groups excluding carboxylic acids is 1. The molecule has 192 valence electrons. The summed E-state index contributed by atoms with van der Waals surface area (Å²) in [6.45, 7) is 11.0. The van der Waals surface area contributed by atoms with E-state index in [9.17, 15) is 4.79 Å². The number of rotatable bonds is 2. The van der Waals surface area contributed by atoms with E-state index >= 15 is 0 Å². The smallest absolute Gasteiger partial charge is 0.209 e. The number of nitrogens with zero attached hydrogens (tertiary/aromatic N) is 1. The maximum Gasteiger partial charge on any atom is 0.209 e. The van der Waals surface area contributed by atoms with Gasteiger partial charge in [0, 0.05) is 28.5 Å². The number of fused-ring (bicyclic) bond motifs is 4. The molecule has 1 aliphatic heterocycles. The van der Waals surface area contributed by atoms with Gasteiger partial charge < -0.3 is 4.42 Å². The molecule has 5 aromatic rings. The van der Waals surface area contributed by atoms with E-state index in [4.69, 9.17) is 4.42 Å². The number of para-hydroxylation sites is 1. The van der Waals surface area contributed by atoms with E-state index in [1.54, 1.807) is 0 Å². The number of hydrogen-bond donors (Lipinski definition) is 0. The minimum Gasteiger partial charge on any atom is -0.440 e. The Hall–Kier alpha value is -4.37. The number of aryl methyl sites for hydroxylation is 3. The second-order valence-corrected chi connectivity index (χ2v) is 11.6. The number of benzene rings is 4. The van der Waals surface area contributed by atoms with Gasteiger partial charge in [-0.2, -0.15) is 0 Å². The SMILES string of the molecule is Cc1cc(C)c(N2c3ccccc3C(C)(C)c3cc(/C=C4/Cc5cc6ccccc6cc5C4=O)oc32)c(C)c1. The number of ketones is 1. The van der Waals surface area contributed by atoms with Crippen molar-refractivity contribution in [3.63, 3.8) is 0 Å². The van der Waals surface area contributed by atoms with Crippen LogP contribution in [0, 0.1) is 20.8 Å². The Labute approximate surface area is 229 Å². The van der Waals surface area contributed by atoms with E-state index in [1.165, 1.54) is 22.3 Å². The molecular weight excluding hydrogens is 478 g/mol. The summed E-state index contributed by atoms with van der Waals surface area (Å²) >= 11 is 0. The molecule has 2 heterocycles. The first-order valence-electron chi connectivity index (χ1n) is 13.6. The van der Waals surface area contributed by atoms with E-state index in [-0.39, 0.29) is 11.2 Å². The summed E-state index contributed by atoms with van der Waals surface area (Å²) in [4.78, 5) is 15.8. The summed E-state index contributed by atoms with van der Waals surface area (Å²) in [7, 11) is 0. The molecule has 1 aromatic heterocycles. The second-order valence-electron chi connectivity index (χ2n) is 11.6. The summed E-state index contributed by atoms with van der Waals surface area (Å²) in [5.41, 5.74) is 10.7. The molecule has 4 aromatic carbocycles. The molecule has 3 heteroatoms. The predicted octanol–water partition coefficient (Wildman–Crippen LogP) is 9.29. The van der Waals surface area contributed by atoms with Crippen LogP contribution < -0.4 is 4.90 Å². The Morgan fingerprint density at radius 3 is 2.23 bits per heavy atom. The van der Waals surface area contributed by atoms with Crippen molar-refractivity contribution in [3.05, 3.63) is 129 Å². The molecule has 7 rings (SSSR count). The first-order valence-corrected chi connectivity index (χ1v) is 13.6.